The SMILES string of the molecule is Cc1nn(C)cc1CC(=O)N[C@@H]1Cc2ccccc2[C@H]1N. The summed E-state index contributed by atoms with van der Waals surface area (Å²) in [4.78, 5) is 12.2. The zero-order chi connectivity index (χ0) is 15.0. The van der Waals surface area contributed by atoms with Crippen LogP contribution in [0.25, 0.3) is 0 Å². The topological polar surface area (TPSA) is 72.9 Å². The van der Waals surface area contributed by atoms with Gasteiger partial charge < -0.3 is 11.1 Å². The van der Waals surface area contributed by atoms with Crippen LogP contribution in [0.2, 0.25) is 0 Å². The lowest BCUT2D eigenvalue weighted by atomic mass is 10.1. The Morgan fingerprint density at radius 3 is 2.90 bits per heavy atom. The molecule has 110 valence electrons. The van der Waals surface area contributed by atoms with Crippen LogP contribution in [0, 0.1) is 6.92 Å². The average molecular weight is 284 g/mol. The van der Waals surface area contributed by atoms with Crippen molar-refractivity contribution in [2.24, 2.45) is 12.8 Å². The van der Waals surface area contributed by atoms with Crippen molar-refractivity contribution < 1.29 is 4.79 Å². The van der Waals surface area contributed by atoms with Gasteiger partial charge >= 0.3 is 0 Å². The molecule has 2 atom stereocenters. The molecule has 3 rings (SSSR count). The normalized spacial score (nSPS) is 20.3. The number of carbonyl (C=O) groups is 1. The van der Waals surface area contributed by atoms with Crippen LogP contribution in [-0.2, 0) is 24.7 Å². The van der Waals surface area contributed by atoms with Gasteiger partial charge in [-0.15, -0.1) is 0 Å². The molecule has 5 nitrogen and oxygen atoms in total. The summed E-state index contributed by atoms with van der Waals surface area (Å²) >= 11 is 0. The molecule has 0 aliphatic heterocycles. The lowest BCUT2D eigenvalue weighted by Gasteiger charge is -2.17. The second-order valence-electron chi connectivity index (χ2n) is 5.69. The number of aryl methyl sites for hydroxylation is 2. The first-order valence-electron chi connectivity index (χ1n) is 7.16. The minimum atomic E-state index is -0.125. The number of nitrogens with one attached hydrogen (secondary N) is 1. The minimum Gasteiger partial charge on any atom is -0.351 e. The third kappa shape index (κ3) is 2.69. The fraction of sp³-hybridized carbons (Fsp3) is 0.375. The van der Waals surface area contributed by atoms with Crippen molar-refractivity contribution in [1.82, 2.24) is 15.1 Å². The zero-order valence-electron chi connectivity index (χ0n) is 12.3. The monoisotopic (exact) mass is 284 g/mol. The molecule has 1 heterocycles. The minimum absolute atomic E-state index is 0.000596. The van der Waals surface area contributed by atoms with Gasteiger partial charge in [0.2, 0.25) is 5.91 Å². The third-order valence-corrected chi connectivity index (χ3v) is 4.10. The molecule has 1 aromatic carbocycles. The van der Waals surface area contributed by atoms with Gasteiger partial charge in [-0.1, -0.05) is 24.3 Å². The summed E-state index contributed by atoms with van der Waals surface area (Å²) in [5, 5.41) is 7.31. The van der Waals surface area contributed by atoms with Gasteiger partial charge in [-0.2, -0.15) is 5.10 Å². The van der Waals surface area contributed by atoms with E-state index in [0.717, 1.165) is 23.2 Å². The highest BCUT2D eigenvalue weighted by molar-refractivity contribution is 5.79. The molecule has 0 fully saturated rings. The van der Waals surface area contributed by atoms with Gasteiger partial charge in [0.1, 0.15) is 0 Å². The van der Waals surface area contributed by atoms with Crippen molar-refractivity contribution in [3.8, 4) is 0 Å². The second kappa shape index (κ2) is 5.33. The molecular weight excluding hydrogens is 264 g/mol. The van der Waals surface area contributed by atoms with E-state index in [-0.39, 0.29) is 18.0 Å². The van der Waals surface area contributed by atoms with Gasteiger partial charge in [-0.3, -0.25) is 9.48 Å². The van der Waals surface area contributed by atoms with Gasteiger partial charge in [0.05, 0.1) is 24.2 Å². The number of nitrogens with zero attached hydrogens (tertiary/aromatic N) is 2. The molecule has 0 spiro atoms. The summed E-state index contributed by atoms with van der Waals surface area (Å²) in [5.74, 6) is -0.000596. The highest BCUT2D eigenvalue weighted by atomic mass is 16.1. The lowest BCUT2D eigenvalue weighted by Crippen LogP contribution is -2.41. The van der Waals surface area contributed by atoms with E-state index in [9.17, 15) is 4.79 Å². The summed E-state index contributed by atoms with van der Waals surface area (Å²) in [7, 11) is 1.86. The number of hydrogen-bond acceptors (Lipinski definition) is 3. The van der Waals surface area contributed by atoms with E-state index in [1.54, 1.807) is 4.68 Å². The second-order valence-corrected chi connectivity index (χ2v) is 5.69. The van der Waals surface area contributed by atoms with E-state index in [2.05, 4.69) is 16.5 Å². The predicted octanol–water partition coefficient (Wildman–Crippen LogP) is 1.01. The van der Waals surface area contributed by atoms with E-state index in [4.69, 9.17) is 5.73 Å². The van der Waals surface area contributed by atoms with E-state index >= 15 is 0 Å². The summed E-state index contributed by atoms with van der Waals surface area (Å²) in [6.45, 7) is 1.92. The molecule has 0 saturated heterocycles. The van der Waals surface area contributed by atoms with Crippen LogP contribution in [0.15, 0.2) is 30.5 Å². The standard InChI is InChI=1S/C16H20N4O/c1-10-12(9-20(2)19-10)8-15(21)18-14-7-11-5-3-4-6-13(11)16(14)17/h3-6,9,14,16H,7-8,17H2,1-2H3,(H,18,21)/t14-,16-/m1/s1. The number of fused-ring (bicyclic) bond motifs is 1. The van der Waals surface area contributed by atoms with Crippen LogP contribution in [-0.4, -0.2) is 21.7 Å². The first-order valence-corrected chi connectivity index (χ1v) is 7.16. The predicted molar refractivity (Wildman–Crippen MR) is 80.7 cm³/mol. The molecule has 0 bridgehead atoms. The smallest absolute Gasteiger partial charge is 0.224 e. The van der Waals surface area contributed by atoms with Crippen LogP contribution in [0.3, 0.4) is 0 Å². The zero-order valence-corrected chi connectivity index (χ0v) is 12.3. The Morgan fingerprint density at radius 1 is 1.48 bits per heavy atom. The van der Waals surface area contributed by atoms with Gasteiger partial charge in [0.25, 0.3) is 0 Å². The number of carbonyl (C=O) groups excluding carboxylic acids is 1. The Bertz CT molecular complexity index is 677. The molecule has 1 aromatic heterocycles. The van der Waals surface area contributed by atoms with Crippen LogP contribution in [0.4, 0.5) is 0 Å². The van der Waals surface area contributed by atoms with Gasteiger partial charge in [-0.05, 0) is 24.5 Å². The molecule has 1 aliphatic rings. The Balaban J connectivity index is 1.65. The Morgan fingerprint density at radius 2 is 2.24 bits per heavy atom. The first kappa shape index (κ1) is 13.8. The molecule has 2 aromatic rings. The van der Waals surface area contributed by atoms with E-state index in [0.29, 0.717) is 6.42 Å². The number of aromatic nitrogens is 2. The van der Waals surface area contributed by atoms with Crippen LogP contribution in [0.1, 0.15) is 28.4 Å². The van der Waals surface area contributed by atoms with Crippen LogP contribution >= 0.6 is 0 Å². The molecule has 3 N–H and O–H groups in total. The van der Waals surface area contributed by atoms with Gasteiger partial charge in [-0.25, -0.2) is 0 Å². The summed E-state index contributed by atoms with van der Waals surface area (Å²) in [6.07, 6.45) is 3.03. The summed E-state index contributed by atoms with van der Waals surface area (Å²) < 4.78 is 1.73. The summed E-state index contributed by atoms with van der Waals surface area (Å²) in [6, 6.07) is 7.97. The molecule has 0 saturated carbocycles. The number of amides is 1. The molecule has 5 heteroatoms. The number of hydrogen-bond donors (Lipinski definition) is 2. The Hall–Kier alpha value is -2.14. The number of rotatable bonds is 3. The average Bonchev–Trinajstić information content (AvgIpc) is 2.91. The highest BCUT2D eigenvalue weighted by Gasteiger charge is 2.30. The Kier molecular flexibility index (Phi) is 3.51. The van der Waals surface area contributed by atoms with Crippen LogP contribution < -0.4 is 11.1 Å². The van der Waals surface area contributed by atoms with Gasteiger partial charge in [0, 0.05) is 18.8 Å². The quantitative estimate of drug-likeness (QED) is 0.883. The lowest BCUT2D eigenvalue weighted by molar-refractivity contribution is -0.121. The maximum Gasteiger partial charge on any atom is 0.224 e. The molecule has 1 amide bonds. The van der Waals surface area contributed by atoms with Crippen molar-refractivity contribution in [2.45, 2.75) is 31.8 Å². The number of benzene rings is 1. The van der Waals surface area contributed by atoms with Crippen molar-refractivity contribution in [3.63, 3.8) is 0 Å². The largest absolute Gasteiger partial charge is 0.351 e. The molecule has 1 aliphatic carbocycles. The van der Waals surface area contributed by atoms with Crippen molar-refractivity contribution in [3.05, 3.63) is 52.8 Å². The van der Waals surface area contributed by atoms with Crippen molar-refractivity contribution in [2.75, 3.05) is 0 Å². The maximum atomic E-state index is 12.2. The van der Waals surface area contributed by atoms with Crippen LogP contribution in [0.5, 0.6) is 0 Å². The summed E-state index contributed by atoms with van der Waals surface area (Å²) in [5.41, 5.74) is 10.5. The first-order chi connectivity index (χ1) is 10.0. The van der Waals surface area contributed by atoms with Crippen molar-refractivity contribution in [1.29, 1.82) is 0 Å². The fourth-order valence-corrected chi connectivity index (χ4v) is 3.02. The van der Waals surface area contributed by atoms with E-state index in [1.165, 1.54) is 5.56 Å². The third-order valence-electron chi connectivity index (χ3n) is 4.10. The van der Waals surface area contributed by atoms with E-state index in [1.807, 2.05) is 38.4 Å². The van der Waals surface area contributed by atoms with E-state index < -0.39 is 0 Å². The highest BCUT2D eigenvalue weighted by Crippen LogP contribution is 2.29. The molecular formula is C16H20N4O. The fourth-order valence-electron chi connectivity index (χ4n) is 3.02. The molecule has 0 unspecified atom stereocenters. The molecule has 21 heavy (non-hydrogen) atoms. The van der Waals surface area contributed by atoms with Crippen molar-refractivity contribution >= 4 is 5.91 Å². The number of nitrogens with two attached hydrogens (primary N) is 1. The van der Waals surface area contributed by atoms with Gasteiger partial charge in [0.15, 0.2) is 0 Å². The maximum absolute atomic E-state index is 12.2. The Labute approximate surface area is 124 Å². The molecule has 0 radical (unpaired) electrons.